The first kappa shape index (κ1) is 20.0. The quantitative estimate of drug-likeness (QED) is 0.587. The second-order valence-electron chi connectivity index (χ2n) is 8.10. The highest BCUT2D eigenvalue weighted by Crippen LogP contribution is 2.43. The Labute approximate surface area is 183 Å². The van der Waals surface area contributed by atoms with Gasteiger partial charge >= 0.3 is 0 Å². The number of phenols is 1. The lowest BCUT2D eigenvalue weighted by Crippen LogP contribution is -2.29. The number of fused-ring (bicyclic) bond motifs is 3. The number of carbonyl (C=O) groups excluding carboxylic acids is 2. The monoisotopic (exact) mass is 435 g/mol. The van der Waals surface area contributed by atoms with E-state index >= 15 is 0 Å². The van der Waals surface area contributed by atoms with Crippen molar-refractivity contribution in [3.05, 3.63) is 47.3 Å². The van der Waals surface area contributed by atoms with Crippen LogP contribution in [0.2, 0.25) is 0 Å². The number of hydrogen-bond acceptors (Lipinski definition) is 8. The van der Waals surface area contributed by atoms with Crippen molar-refractivity contribution in [2.24, 2.45) is 5.92 Å². The molecule has 1 aromatic heterocycles. The maximum Gasteiger partial charge on any atom is 0.265 e. The number of hydrogen-bond donors (Lipinski definition) is 1. The van der Waals surface area contributed by atoms with Crippen molar-refractivity contribution in [1.82, 2.24) is 14.9 Å². The fraction of sp³-hybridized carbons (Fsp3) is 0.304. The molecular formula is C23H21N3O6. The summed E-state index contributed by atoms with van der Waals surface area (Å²) in [6, 6.07) is 5.22. The topological polar surface area (TPSA) is 111 Å². The minimum atomic E-state index is -0.610. The van der Waals surface area contributed by atoms with Crippen molar-refractivity contribution in [2.75, 3.05) is 13.4 Å². The van der Waals surface area contributed by atoms with Gasteiger partial charge in [-0.1, -0.05) is 19.9 Å². The highest BCUT2D eigenvalue weighted by atomic mass is 16.7. The van der Waals surface area contributed by atoms with Crippen LogP contribution in [0.1, 0.15) is 46.5 Å². The average molecular weight is 435 g/mol. The zero-order valence-electron chi connectivity index (χ0n) is 17.6. The van der Waals surface area contributed by atoms with E-state index in [1.807, 2.05) is 0 Å². The summed E-state index contributed by atoms with van der Waals surface area (Å²) in [5, 5.41) is 10.8. The third-order valence-corrected chi connectivity index (χ3v) is 5.49. The van der Waals surface area contributed by atoms with Gasteiger partial charge in [0.1, 0.15) is 22.2 Å². The first-order chi connectivity index (χ1) is 15.5. The standard InChI is InChI=1S/C23H21N3O6/c1-12(2)5-8-30-21-17-16(20(27)18-19(21)25-7-6-24-18)22(28)26(23(17)29)10-13-3-4-14-15(9-13)32-11-31-14/h3-4,6-7,9,12,27H,5,8,10-11H2,1-2H3. The van der Waals surface area contributed by atoms with E-state index in [9.17, 15) is 14.7 Å². The second-order valence-corrected chi connectivity index (χ2v) is 8.10. The maximum absolute atomic E-state index is 13.4. The van der Waals surface area contributed by atoms with Gasteiger partial charge in [0.2, 0.25) is 6.79 Å². The molecular weight excluding hydrogens is 414 g/mol. The molecule has 5 rings (SSSR count). The molecule has 1 N–H and O–H groups in total. The molecule has 0 fully saturated rings. The molecule has 0 saturated carbocycles. The zero-order valence-corrected chi connectivity index (χ0v) is 17.6. The van der Waals surface area contributed by atoms with Crippen molar-refractivity contribution in [3.63, 3.8) is 0 Å². The van der Waals surface area contributed by atoms with Crippen LogP contribution in [0.4, 0.5) is 0 Å². The first-order valence-electron chi connectivity index (χ1n) is 10.3. The summed E-state index contributed by atoms with van der Waals surface area (Å²) in [5.41, 5.74) is 0.968. The molecule has 2 aromatic carbocycles. The third kappa shape index (κ3) is 3.17. The van der Waals surface area contributed by atoms with E-state index in [2.05, 4.69) is 23.8 Å². The van der Waals surface area contributed by atoms with Crippen molar-refractivity contribution in [2.45, 2.75) is 26.8 Å². The van der Waals surface area contributed by atoms with Crippen molar-refractivity contribution in [3.8, 4) is 23.0 Å². The lowest BCUT2D eigenvalue weighted by Gasteiger charge is -2.15. The van der Waals surface area contributed by atoms with E-state index < -0.39 is 11.8 Å². The number of aromatic hydroxyl groups is 1. The third-order valence-electron chi connectivity index (χ3n) is 5.49. The van der Waals surface area contributed by atoms with Gasteiger partial charge in [0.25, 0.3) is 11.8 Å². The van der Waals surface area contributed by atoms with Crippen LogP contribution in [-0.2, 0) is 6.54 Å². The minimum absolute atomic E-state index is 0.00502. The van der Waals surface area contributed by atoms with Gasteiger partial charge in [-0.05, 0) is 30.0 Å². The highest BCUT2D eigenvalue weighted by molar-refractivity contribution is 6.26. The molecule has 32 heavy (non-hydrogen) atoms. The zero-order chi connectivity index (χ0) is 22.4. The maximum atomic E-state index is 13.4. The largest absolute Gasteiger partial charge is 0.505 e. The Balaban J connectivity index is 1.56. The van der Waals surface area contributed by atoms with E-state index in [1.165, 1.54) is 12.4 Å². The van der Waals surface area contributed by atoms with Crippen molar-refractivity contribution >= 4 is 22.8 Å². The molecule has 3 heterocycles. The average Bonchev–Trinajstić information content (AvgIpc) is 3.34. The first-order valence-corrected chi connectivity index (χ1v) is 10.3. The number of rotatable bonds is 6. The van der Waals surface area contributed by atoms with E-state index in [-0.39, 0.29) is 47.0 Å². The number of phenolic OH excluding ortho intramolecular Hbond substituents is 1. The molecule has 9 heteroatoms. The van der Waals surface area contributed by atoms with Crippen LogP contribution in [0, 0.1) is 5.92 Å². The molecule has 2 amide bonds. The van der Waals surface area contributed by atoms with E-state index in [1.54, 1.807) is 18.2 Å². The van der Waals surface area contributed by atoms with Gasteiger partial charge in [-0.15, -0.1) is 0 Å². The fourth-order valence-corrected chi connectivity index (χ4v) is 3.82. The van der Waals surface area contributed by atoms with Crippen LogP contribution in [0.25, 0.3) is 11.0 Å². The molecule has 0 saturated heterocycles. The van der Waals surface area contributed by atoms with E-state index in [4.69, 9.17) is 14.2 Å². The molecule has 0 radical (unpaired) electrons. The summed E-state index contributed by atoms with van der Waals surface area (Å²) in [5.74, 6) is 0.194. The fourth-order valence-electron chi connectivity index (χ4n) is 3.82. The van der Waals surface area contributed by atoms with Gasteiger partial charge < -0.3 is 19.3 Å². The smallest absolute Gasteiger partial charge is 0.265 e. The van der Waals surface area contributed by atoms with Gasteiger partial charge in [0.05, 0.1) is 13.2 Å². The van der Waals surface area contributed by atoms with E-state index in [0.717, 1.165) is 11.3 Å². The van der Waals surface area contributed by atoms with Gasteiger partial charge in [-0.2, -0.15) is 0 Å². The number of nitrogens with zero attached hydrogens (tertiary/aromatic N) is 3. The van der Waals surface area contributed by atoms with Crippen molar-refractivity contribution < 1.29 is 28.9 Å². The minimum Gasteiger partial charge on any atom is -0.505 e. The molecule has 0 bridgehead atoms. The highest BCUT2D eigenvalue weighted by Gasteiger charge is 2.43. The molecule has 2 aliphatic heterocycles. The summed E-state index contributed by atoms with van der Waals surface area (Å²) >= 11 is 0. The number of ether oxygens (including phenoxy) is 3. The Morgan fingerprint density at radius 1 is 1.06 bits per heavy atom. The Morgan fingerprint density at radius 3 is 2.56 bits per heavy atom. The Hall–Kier alpha value is -3.88. The summed E-state index contributed by atoms with van der Waals surface area (Å²) in [4.78, 5) is 36.1. The Morgan fingerprint density at radius 2 is 1.78 bits per heavy atom. The summed E-state index contributed by atoms with van der Waals surface area (Å²) < 4.78 is 16.7. The molecule has 2 aliphatic rings. The molecule has 0 aliphatic carbocycles. The SMILES string of the molecule is CC(C)CCOc1c2c(c(O)c3nccnc13)C(=O)N(Cc1ccc3c(c1)OCO3)C2=O. The molecule has 0 unspecified atom stereocenters. The normalized spacial score (nSPS) is 14.5. The number of carbonyl (C=O) groups is 2. The van der Waals surface area contributed by atoms with Gasteiger partial charge in [0.15, 0.2) is 23.0 Å². The van der Waals surface area contributed by atoms with E-state index in [0.29, 0.717) is 29.6 Å². The molecule has 9 nitrogen and oxygen atoms in total. The van der Waals surface area contributed by atoms with Crippen LogP contribution < -0.4 is 14.2 Å². The number of amides is 2. The van der Waals surface area contributed by atoms with Crippen LogP contribution in [0.5, 0.6) is 23.0 Å². The summed E-state index contributed by atoms with van der Waals surface area (Å²) in [7, 11) is 0. The lowest BCUT2D eigenvalue weighted by atomic mass is 10.0. The van der Waals surface area contributed by atoms with Gasteiger partial charge in [-0.3, -0.25) is 14.5 Å². The van der Waals surface area contributed by atoms with Crippen LogP contribution in [0.15, 0.2) is 30.6 Å². The molecule has 3 aromatic rings. The number of aromatic nitrogens is 2. The second kappa shape index (κ2) is 7.67. The van der Waals surface area contributed by atoms with Gasteiger partial charge in [0, 0.05) is 12.4 Å². The van der Waals surface area contributed by atoms with Crippen molar-refractivity contribution in [1.29, 1.82) is 0 Å². The number of imide groups is 1. The predicted molar refractivity (Wildman–Crippen MR) is 113 cm³/mol. The Bertz CT molecular complexity index is 1260. The van der Waals surface area contributed by atoms with Crippen LogP contribution in [0.3, 0.4) is 0 Å². The van der Waals surface area contributed by atoms with Crippen LogP contribution in [-0.4, -0.2) is 45.2 Å². The van der Waals surface area contributed by atoms with Gasteiger partial charge in [-0.25, -0.2) is 9.97 Å². The number of benzene rings is 2. The lowest BCUT2D eigenvalue weighted by molar-refractivity contribution is 0.0640. The molecule has 164 valence electrons. The summed E-state index contributed by atoms with van der Waals surface area (Å²) in [6.07, 6.45) is 3.62. The van der Waals surface area contributed by atoms with Crippen LogP contribution >= 0.6 is 0 Å². The molecule has 0 spiro atoms. The molecule has 0 atom stereocenters. The summed E-state index contributed by atoms with van der Waals surface area (Å²) in [6.45, 7) is 4.59. The predicted octanol–water partition coefficient (Wildman–Crippen LogP) is 3.29. The Kier molecular flexibility index (Phi) is 4.80.